The summed E-state index contributed by atoms with van der Waals surface area (Å²) in [5, 5.41) is 0. The van der Waals surface area contributed by atoms with Gasteiger partial charge in [-0.3, -0.25) is 0 Å². The molecule has 0 unspecified atom stereocenters. The van der Waals surface area contributed by atoms with Crippen molar-refractivity contribution in [3.8, 4) is 5.75 Å². The van der Waals surface area contributed by atoms with Gasteiger partial charge < -0.3 is 9.30 Å². The third-order valence-electron chi connectivity index (χ3n) is 2.19. The number of aromatic nitrogens is 2. The van der Waals surface area contributed by atoms with Crippen LogP contribution < -0.4 is 4.74 Å². The minimum absolute atomic E-state index is 0.752. The van der Waals surface area contributed by atoms with Gasteiger partial charge in [0.05, 0.1) is 18.4 Å². The maximum absolute atomic E-state index is 5.49. The number of para-hydroxylation sites is 1. The largest absolute Gasteiger partial charge is 0.489 e. The Kier molecular flexibility index (Phi) is 1.01. The van der Waals surface area contributed by atoms with E-state index in [2.05, 4.69) is 9.55 Å². The summed E-state index contributed by atoms with van der Waals surface area (Å²) in [5.74, 6) is 0.955. The Bertz CT molecular complexity index is 433. The van der Waals surface area contributed by atoms with E-state index >= 15 is 0 Å². The van der Waals surface area contributed by atoms with Crippen molar-refractivity contribution in [1.29, 1.82) is 0 Å². The molecule has 0 spiro atoms. The second-order valence-electron chi connectivity index (χ2n) is 2.91. The molecule has 1 aromatic heterocycles. The first-order valence-corrected chi connectivity index (χ1v) is 4.02. The normalized spacial score (nSPS) is 14.7. The summed E-state index contributed by atoms with van der Waals surface area (Å²) in [6.45, 7) is 1.66. The van der Waals surface area contributed by atoms with E-state index in [9.17, 15) is 0 Å². The molecule has 0 radical (unpaired) electrons. The van der Waals surface area contributed by atoms with Crippen molar-refractivity contribution in [2.45, 2.75) is 6.54 Å². The van der Waals surface area contributed by atoms with Crippen LogP contribution in [0.5, 0.6) is 5.75 Å². The fourth-order valence-corrected chi connectivity index (χ4v) is 1.63. The van der Waals surface area contributed by atoms with Crippen molar-refractivity contribution in [2.75, 3.05) is 6.61 Å². The van der Waals surface area contributed by atoms with Crippen molar-refractivity contribution >= 4 is 11.0 Å². The molecule has 2 aromatic rings. The van der Waals surface area contributed by atoms with Crippen LogP contribution in [0.3, 0.4) is 0 Å². The molecule has 1 aliphatic rings. The van der Waals surface area contributed by atoms with E-state index in [-0.39, 0.29) is 0 Å². The summed E-state index contributed by atoms with van der Waals surface area (Å²) in [6, 6.07) is 5.96. The van der Waals surface area contributed by atoms with E-state index < -0.39 is 0 Å². The molecule has 60 valence electrons. The molecule has 1 aliphatic heterocycles. The Hall–Kier alpha value is -1.51. The van der Waals surface area contributed by atoms with Crippen LogP contribution in [0.1, 0.15) is 0 Å². The van der Waals surface area contributed by atoms with Crippen LogP contribution in [0.25, 0.3) is 11.0 Å². The van der Waals surface area contributed by atoms with Crippen LogP contribution in [0.2, 0.25) is 0 Å². The molecule has 3 rings (SSSR count). The second kappa shape index (κ2) is 2.00. The molecule has 1 aromatic carbocycles. The minimum Gasteiger partial charge on any atom is -0.489 e. The van der Waals surface area contributed by atoms with Gasteiger partial charge in [-0.1, -0.05) is 6.07 Å². The third kappa shape index (κ3) is 0.630. The molecule has 0 saturated heterocycles. The fourth-order valence-electron chi connectivity index (χ4n) is 1.63. The van der Waals surface area contributed by atoms with Gasteiger partial charge >= 0.3 is 0 Å². The SMILES string of the molecule is c1cc2c3c(c1)ncn3CCO2. The first kappa shape index (κ1) is 6.06. The van der Waals surface area contributed by atoms with Crippen LogP contribution >= 0.6 is 0 Å². The average molecular weight is 160 g/mol. The summed E-state index contributed by atoms with van der Waals surface area (Å²) in [6.07, 6.45) is 1.87. The van der Waals surface area contributed by atoms with E-state index in [1.54, 1.807) is 0 Å². The Balaban J connectivity index is 2.50. The van der Waals surface area contributed by atoms with Crippen LogP contribution in [0.15, 0.2) is 24.5 Å². The summed E-state index contributed by atoms with van der Waals surface area (Å²) in [4.78, 5) is 4.27. The highest BCUT2D eigenvalue weighted by Gasteiger charge is 2.12. The quantitative estimate of drug-likeness (QED) is 0.583. The number of hydrogen-bond acceptors (Lipinski definition) is 2. The Morgan fingerprint density at radius 3 is 3.42 bits per heavy atom. The molecular weight excluding hydrogens is 152 g/mol. The number of rotatable bonds is 0. The van der Waals surface area contributed by atoms with Gasteiger partial charge in [0.15, 0.2) is 0 Å². The van der Waals surface area contributed by atoms with Crippen LogP contribution in [-0.4, -0.2) is 16.2 Å². The summed E-state index contributed by atoms with van der Waals surface area (Å²) in [7, 11) is 0. The summed E-state index contributed by atoms with van der Waals surface area (Å²) < 4.78 is 7.63. The smallest absolute Gasteiger partial charge is 0.145 e. The lowest BCUT2D eigenvalue weighted by molar-refractivity contribution is 0.287. The number of imidazole rings is 1. The highest BCUT2D eigenvalue weighted by Crippen LogP contribution is 2.27. The van der Waals surface area contributed by atoms with Crippen molar-refractivity contribution in [3.63, 3.8) is 0 Å². The molecule has 0 atom stereocenters. The lowest BCUT2D eigenvalue weighted by atomic mass is 10.3. The van der Waals surface area contributed by atoms with Gasteiger partial charge in [0.1, 0.15) is 17.9 Å². The molecular formula is C9H8N2O. The van der Waals surface area contributed by atoms with Gasteiger partial charge in [0.25, 0.3) is 0 Å². The van der Waals surface area contributed by atoms with Gasteiger partial charge in [-0.05, 0) is 12.1 Å². The highest BCUT2D eigenvalue weighted by molar-refractivity contribution is 5.82. The average Bonchev–Trinajstić information content (AvgIpc) is 2.52. The van der Waals surface area contributed by atoms with Crippen LogP contribution in [0, 0.1) is 0 Å². The van der Waals surface area contributed by atoms with E-state index in [4.69, 9.17) is 4.74 Å². The van der Waals surface area contributed by atoms with Gasteiger partial charge in [-0.25, -0.2) is 4.98 Å². The predicted molar refractivity (Wildman–Crippen MR) is 45.2 cm³/mol. The Morgan fingerprint density at radius 2 is 2.42 bits per heavy atom. The van der Waals surface area contributed by atoms with Crippen molar-refractivity contribution in [2.24, 2.45) is 0 Å². The van der Waals surface area contributed by atoms with Crippen molar-refractivity contribution < 1.29 is 4.74 Å². The van der Waals surface area contributed by atoms with Gasteiger partial charge in [0, 0.05) is 0 Å². The molecule has 0 bridgehead atoms. The van der Waals surface area contributed by atoms with Crippen molar-refractivity contribution in [1.82, 2.24) is 9.55 Å². The maximum atomic E-state index is 5.49. The zero-order valence-corrected chi connectivity index (χ0v) is 6.53. The zero-order chi connectivity index (χ0) is 7.97. The number of hydrogen-bond donors (Lipinski definition) is 0. The lowest BCUT2D eigenvalue weighted by Crippen LogP contribution is -2.12. The number of nitrogens with zero attached hydrogens (tertiary/aromatic N) is 2. The van der Waals surface area contributed by atoms with Crippen LogP contribution in [-0.2, 0) is 6.54 Å². The Morgan fingerprint density at radius 1 is 1.42 bits per heavy atom. The Labute approximate surface area is 69.6 Å². The predicted octanol–water partition coefficient (Wildman–Crippen LogP) is 1.43. The highest BCUT2D eigenvalue weighted by atomic mass is 16.5. The van der Waals surface area contributed by atoms with Crippen molar-refractivity contribution in [3.05, 3.63) is 24.5 Å². The molecule has 0 amide bonds. The van der Waals surface area contributed by atoms with E-state index in [0.29, 0.717) is 0 Å². The topological polar surface area (TPSA) is 27.1 Å². The second-order valence-corrected chi connectivity index (χ2v) is 2.91. The molecule has 2 heterocycles. The van der Waals surface area contributed by atoms with Gasteiger partial charge in [-0.15, -0.1) is 0 Å². The zero-order valence-electron chi connectivity index (χ0n) is 6.53. The van der Waals surface area contributed by atoms with E-state index in [0.717, 1.165) is 29.9 Å². The maximum Gasteiger partial charge on any atom is 0.145 e. The molecule has 3 nitrogen and oxygen atoms in total. The van der Waals surface area contributed by atoms with Crippen LogP contribution in [0.4, 0.5) is 0 Å². The molecule has 12 heavy (non-hydrogen) atoms. The van der Waals surface area contributed by atoms with Gasteiger partial charge in [0.2, 0.25) is 0 Å². The molecule has 0 fully saturated rings. The standard InChI is InChI=1S/C9H8N2O/c1-2-7-9-8(3-1)12-5-4-11(9)6-10-7/h1-3,6H,4-5H2. The first-order chi connectivity index (χ1) is 5.95. The molecule has 0 aliphatic carbocycles. The fraction of sp³-hybridized carbons (Fsp3) is 0.222. The summed E-state index contributed by atoms with van der Waals surface area (Å²) >= 11 is 0. The molecule has 0 saturated carbocycles. The van der Waals surface area contributed by atoms with Gasteiger partial charge in [-0.2, -0.15) is 0 Å². The van der Waals surface area contributed by atoms with E-state index in [1.165, 1.54) is 0 Å². The lowest BCUT2D eigenvalue weighted by Gasteiger charge is -2.15. The number of benzene rings is 1. The summed E-state index contributed by atoms with van der Waals surface area (Å²) in [5.41, 5.74) is 2.15. The van der Waals surface area contributed by atoms with E-state index in [1.807, 2.05) is 24.5 Å². The first-order valence-electron chi connectivity index (χ1n) is 4.02. The third-order valence-corrected chi connectivity index (χ3v) is 2.19. The minimum atomic E-state index is 0.752. The molecule has 3 heteroatoms. The molecule has 0 N–H and O–H groups in total. The monoisotopic (exact) mass is 160 g/mol. The number of ether oxygens (including phenoxy) is 1.